The topological polar surface area (TPSA) is 103 Å². The van der Waals surface area contributed by atoms with Crippen LogP contribution < -0.4 is 9.64 Å². The molecule has 0 aromatic carbocycles. The predicted octanol–water partition coefficient (Wildman–Crippen LogP) is 3.06. The maximum atomic E-state index is 13.3. The van der Waals surface area contributed by atoms with Crippen LogP contribution in [0.25, 0.3) is 10.9 Å². The number of carboxylic acid groups (broad SMARTS) is 1. The van der Waals surface area contributed by atoms with Crippen LogP contribution in [0.1, 0.15) is 42.1 Å². The highest BCUT2D eigenvalue weighted by Crippen LogP contribution is 2.34. The molecule has 32 heavy (non-hydrogen) atoms. The summed E-state index contributed by atoms with van der Waals surface area (Å²) in [6, 6.07) is 3.57. The van der Waals surface area contributed by atoms with E-state index in [4.69, 9.17) is 14.5 Å². The van der Waals surface area contributed by atoms with Crippen molar-refractivity contribution in [3.05, 3.63) is 42.1 Å². The molecule has 1 saturated heterocycles. The molecule has 2 fully saturated rings. The SMILES string of the molecule is O=C(O)c1cnc2cc(N3CCOCC3)nc(OC3CCC(n4cc(F)cn4)CC3)c2c1. The monoisotopic (exact) mass is 441 g/mol. The van der Waals surface area contributed by atoms with E-state index in [1.165, 1.54) is 18.6 Å². The van der Waals surface area contributed by atoms with Gasteiger partial charge in [0.1, 0.15) is 11.9 Å². The van der Waals surface area contributed by atoms with Crippen LogP contribution in [0.4, 0.5) is 10.2 Å². The number of aromatic carboxylic acids is 1. The molecule has 5 rings (SSSR count). The lowest BCUT2D eigenvalue weighted by molar-refractivity contribution is 0.0696. The number of morpholine rings is 1. The predicted molar refractivity (Wildman–Crippen MR) is 114 cm³/mol. The van der Waals surface area contributed by atoms with Crippen LogP contribution in [0.2, 0.25) is 0 Å². The molecule has 0 atom stereocenters. The highest BCUT2D eigenvalue weighted by molar-refractivity contribution is 5.94. The van der Waals surface area contributed by atoms with Gasteiger partial charge in [0.25, 0.3) is 0 Å². The molecule has 9 nitrogen and oxygen atoms in total. The molecule has 1 aliphatic heterocycles. The van der Waals surface area contributed by atoms with Gasteiger partial charge in [0, 0.05) is 25.4 Å². The number of anilines is 1. The van der Waals surface area contributed by atoms with Crippen LogP contribution in [0.5, 0.6) is 5.88 Å². The normalized spacial score (nSPS) is 21.6. The van der Waals surface area contributed by atoms with Gasteiger partial charge in [-0.15, -0.1) is 0 Å². The minimum absolute atomic E-state index is 0.0733. The number of fused-ring (bicyclic) bond motifs is 1. The minimum atomic E-state index is -1.05. The van der Waals surface area contributed by atoms with Gasteiger partial charge >= 0.3 is 5.97 Å². The third-order valence-electron chi connectivity index (χ3n) is 6.08. The van der Waals surface area contributed by atoms with Crippen molar-refractivity contribution in [1.82, 2.24) is 19.7 Å². The molecule has 2 aliphatic rings. The fourth-order valence-electron chi connectivity index (χ4n) is 4.34. The minimum Gasteiger partial charge on any atom is -0.478 e. The number of pyridine rings is 2. The summed E-state index contributed by atoms with van der Waals surface area (Å²) in [5.74, 6) is -0.240. The average Bonchev–Trinajstić information content (AvgIpc) is 3.26. The number of nitrogens with zero attached hydrogens (tertiary/aromatic N) is 5. The van der Waals surface area contributed by atoms with Gasteiger partial charge in [0.05, 0.1) is 48.1 Å². The first kappa shape index (κ1) is 20.6. The number of hydrogen-bond donors (Lipinski definition) is 1. The van der Waals surface area contributed by atoms with Gasteiger partial charge in [-0.3, -0.25) is 9.67 Å². The van der Waals surface area contributed by atoms with Gasteiger partial charge in [0.15, 0.2) is 5.82 Å². The number of carboxylic acids is 1. The highest BCUT2D eigenvalue weighted by atomic mass is 19.1. The standard InChI is InChI=1S/C22H24FN5O4/c23-15-12-25-28(13-15)16-1-3-17(4-2-16)32-21-18-9-14(22(29)30)11-24-19(18)10-20(26-21)27-5-7-31-8-6-27/h9-13,16-17H,1-8H2,(H,29,30). The Labute approximate surface area is 183 Å². The molecule has 1 aliphatic carbocycles. The first-order valence-electron chi connectivity index (χ1n) is 10.8. The van der Waals surface area contributed by atoms with Gasteiger partial charge in [-0.1, -0.05) is 0 Å². The summed E-state index contributed by atoms with van der Waals surface area (Å²) in [5, 5.41) is 14.1. The van der Waals surface area contributed by atoms with Gasteiger partial charge < -0.3 is 19.5 Å². The molecule has 3 aromatic rings. The Morgan fingerprint density at radius 2 is 1.94 bits per heavy atom. The molecule has 0 radical (unpaired) electrons. The van der Waals surface area contributed by atoms with Gasteiger partial charge in [-0.05, 0) is 31.7 Å². The second-order valence-corrected chi connectivity index (χ2v) is 8.17. The van der Waals surface area contributed by atoms with Gasteiger partial charge in [-0.25, -0.2) is 9.18 Å². The van der Waals surface area contributed by atoms with Crippen LogP contribution in [0.15, 0.2) is 30.7 Å². The van der Waals surface area contributed by atoms with E-state index in [9.17, 15) is 14.3 Å². The van der Waals surface area contributed by atoms with E-state index in [-0.39, 0.29) is 23.5 Å². The first-order valence-corrected chi connectivity index (χ1v) is 10.8. The van der Waals surface area contributed by atoms with Crippen LogP contribution in [-0.2, 0) is 4.74 Å². The van der Waals surface area contributed by atoms with E-state index in [1.54, 1.807) is 10.7 Å². The zero-order valence-electron chi connectivity index (χ0n) is 17.5. The number of hydrogen-bond acceptors (Lipinski definition) is 7. The van der Waals surface area contributed by atoms with E-state index in [0.717, 1.165) is 44.6 Å². The van der Waals surface area contributed by atoms with Crippen LogP contribution in [0, 0.1) is 5.82 Å². The number of aromatic nitrogens is 4. The molecular weight excluding hydrogens is 417 g/mol. The van der Waals surface area contributed by atoms with Crippen molar-refractivity contribution in [2.45, 2.75) is 37.8 Å². The fraction of sp³-hybridized carbons (Fsp3) is 0.455. The molecule has 168 valence electrons. The Morgan fingerprint density at radius 3 is 2.62 bits per heavy atom. The molecule has 0 unspecified atom stereocenters. The van der Waals surface area contributed by atoms with Crippen LogP contribution in [-0.4, -0.2) is 63.2 Å². The van der Waals surface area contributed by atoms with E-state index in [2.05, 4.69) is 15.0 Å². The summed E-state index contributed by atoms with van der Waals surface area (Å²) in [7, 11) is 0. The second kappa shape index (κ2) is 8.70. The van der Waals surface area contributed by atoms with E-state index in [0.29, 0.717) is 30.0 Å². The van der Waals surface area contributed by atoms with Gasteiger partial charge in [-0.2, -0.15) is 10.1 Å². The molecular formula is C22H24FN5O4. The molecule has 0 amide bonds. The summed E-state index contributed by atoms with van der Waals surface area (Å²) in [6.07, 6.45) is 7.08. The number of rotatable bonds is 5. The van der Waals surface area contributed by atoms with E-state index < -0.39 is 5.97 Å². The van der Waals surface area contributed by atoms with Crippen molar-refractivity contribution in [3.63, 3.8) is 0 Å². The fourth-order valence-corrected chi connectivity index (χ4v) is 4.34. The number of ether oxygens (including phenoxy) is 2. The molecule has 4 heterocycles. The van der Waals surface area contributed by atoms with Crippen LogP contribution in [0.3, 0.4) is 0 Å². The number of halogens is 1. The third-order valence-corrected chi connectivity index (χ3v) is 6.08. The Balaban J connectivity index is 1.40. The van der Waals surface area contributed by atoms with E-state index in [1.807, 2.05) is 6.07 Å². The second-order valence-electron chi connectivity index (χ2n) is 8.17. The molecule has 0 spiro atoms. The molecule has 1 saturated carbocycles. The lowest BCUT2D eigenvalue weighted by atomic mass is 9.93. The molecule has 1 N–H and O–H groups in total. The Hall–Kier alpha value is -3.27. The smallest absolute Gasteiger partial charge is 0.337 e. The van der Waals surface area contributed by atoms with Crippen molar-refractivity contribution in [1.29, 1.82) is 0 Å². The van der Waals surface area contributed by atoms with Crippen molar-refractivity contribution >= 4 is 22.7 Å². The van der Waals surface area contributed by atoms with Crippen molar-refractivity contribution < 1.29 is 23.8 Å². The maximum absolute atomic E-state index is 13.3. The summed E-state index contributed by atoms with van der Waals surface area (Å²) in [6.45, 7) is 2.69. The summed E-state index contributed by atoms with van der Waals surface area (Å²) >= 11 is 0. The van der Waals surface area contributed by atoms with Crippen molar-refractivity contribution in [3.8, 4) is 5.88 Å². The summed E-state index contributed by atoms with van der Waals surface area (Å²) in [5.41, 5.74) is 0.731. The molecule has 10 heteroatoms. The molecule has 3 aromatic heterocycles. The summed E-state index contributed by atoms with van der Waals surface area (Å²) in [4.78, 5) is 22.7. The lowest BCUT2D eigenvalue weighted by Crippen LogP contribution is -2.36. The van der Waals surface area contributed by atoms with E-state index >= 15 is 0 Å². The largest absolute Gasteiger partial charge is 0.478 e. The van der Waals surface area contributed by atoms with Gasteiger partial charge in [0.2, 0.25) is 5.88 Å². The first-order chi connectivity index (χ1) is 15.6. The van der Waals surface area contributed by atoms with Crippen LogP contribution >= 0.6 is 0 Å². The average molecular weight is 441 g/mol. The van der Waals surface area contributed by atoms with Crippen molar-refractivity contribution in [2.24, 2.45) is 0 Å². The Morgan fingerprint density at radius 1 is 1.16 bits per heavy atom. The Bertz CT molecular complexity index is 1120. The molecule has 0 bridgehead atoms. The summed E-state index contributed by atoms with van der Waals surface area (Å²) < 4.78 is 26.7. The quantitative estimate of drug-likeness (QED) is 0.645. The third kappa shape index (κ3) is 4.22. The van der Waals surface area contributed by atoms with Crippen molar-refractivity contribution in [2.75, 3.05) is 31.2 Å². The Kier molecular flexibility index (Phi) is 5.60. The number of carbonyl (C=O) groups is 1. The lowest BCUT2D eigenvalue weighted by Gasteiger charge is -2.30. The zero-order valence-corrected chi connectivity index (χ0v) is 17.5. The maximum Gasteiger partial charge on any atom is 0.337 e. The zero-order chi connectivity index (χ0) is 22.1. The highest BCUT2D eigenvalue weighted by Gasteiger charge is 2.26.